The fraction of sp³-hybridized carbons (Fsp3) is 0.647. The molecule has 0 aliphatic heterocycles. The fourth-order valence-electron chi connectivity index (χ4n) is 1.72. The average molecular weight is 295 g/mol. The Hall–Kier alpha value is -1.10. The second kappa shape index (κ2) is 10.6. The van der Waals surface area contributed by atoms with E-state index in [0.29, 0.717) is 25.7 Å². The molecule has 0 aliphatic rings. The van der Waals surface area contributed by atoms with Gasteiger partial charge in [-0.3, -0.25) is 0 Å². The van der Waals surface area contributed by atoms with Crippen molar-refractivity contribution in [1.82, 2.24) is 5.32 Å². The molecule has 1 atom stereocenters. The smallest absolute Gasteiger partial charge is 0.119 e. The number of hydrogen-bond donors (Lipinski definition) is 2. The maximum atomic E-state index is 9.81. The van der Waals surface area contributed by atoms with Crippen LogP contribution < -0.4 is 10.1 Å². The van der Waals surface area contributed by atoms with E-state index < -0.39 is 6.10 Å². The second-order valence-electron chi connectivity index (χ2n) is 5.78. The summed E-state index contributed by atoms with van der Waals surface area (Å²) in [6.45, 7) is 9.45. The van der Waals surface area contributed by atoms with E-state index in [1.54, 1.807) is 0 Å². The van der Waals surface area contributed by atoms with Gasteiger partial charge in [-0.25, -0.2) is 0 Å². The summed E-state index contributed by atoms with van der Waals surface area (Å²) in [5, 5.41) is 13.0. The lowest BCUT2D eigenvalue weighted by atomic mass is 10.1. The van der Waals surface area contributed by atoms with Gasteiger partial charge in [0.15, 0.2) is 0 Å². The summed E-state index contributed by atoms with van der Waals surface area (Å²) in [5.41, 5.74) is 1.20. The highest BCUT2D eigenvalue weighted by atomic mass is 16.5. The van der Waals surface area contributed by atoms with Crippen molar-refractivity contribution >= 4 is 0 Å². The molecule has 0 amide bonds. The molecular weight excluding hydrogens is 266 g/mol. The third-order valence-corrected chi connectivity index (χ3v) is 3.11. The highest BCUT2D eigenvalue weighted by Crippen LogP contribution is 2.11. The number of nitrogens with one attached hydrogen (secondary N) is 1. The van der Waals surface area contributed by atoms with Crippen LogP contribution in [0.1, 0.15) is 25.8 Å². The minimum atomic E-state index is -0.512. The first-order valence-electron chi connectivity index (χ1n) is 7.74. The summed E-state index contributed by atoms with van der Waals surface area (Å²) in [5.74, 6) is 1.47. The molecule has 2 N–H and O–H groups in total. The molecular formula is C17H29NO3. The minimum absolute atomic E-state index is 0.296. The normalized spacial score (nSPS) is 12.6. The van der Waals surface area contributed by atoms with Crippen molar-refractivity contribution < 1.29 is 14.6 Å². The quantitative estimate of drug-likeness (QED) is 0.616. The first kappa shape index (κ1) is 18.0. The molecule has 1 aromatic rings. The summed E-state index contributed by atoms with van der Waals surface area (Å²) >= 11 is 0. The molecule has 1 aromatic carbocycles. The van der Waals surface area contributed by atoms with Crippen LogP contribution in [-0.4, -0.2) is 44.1 Å². The molecule has 0 saturated carbocycles. The lowest BCUT2D eigenvalue weighted by Gasteiger charge is -2.13. The summed E-state index contributed by atoms with van der Waals surface area (Å²) in [7, 11) is 0. The van der Waals surface area contributed by atoms with Crippen LogP contribution in [-0.2, 0) is 4.74 Å². The standard InChI is InChI=1S/C17H29NO3/c1-14(2)8-10-20-11-9-18-12-16(19)13-21-17-6-4-15(3)5-7-17/h4-7,14,16,18-19H,8-13H2,1-3H3. The Kier molecular flexibility index (Phi) is 9.06. The number of aliphatic hydroxyl groups is 1. The van der Waals surface area contributed by atoms with Gasteiger partial charge < -0.3 is 19.9 Å². The zero-order valence-corrected chi connectivity index (χ0v) is 13.5. The Morgan fingerprint density at radius 1 is 1.14 bits per heavy atom. The minimum Gasteiger partial charge on any atom is -0.491 e. The Balaban J connectivity index is 1.98. The molecule has 1 unspecified atom stereocenters. The van der Waals surface area contributed by atoms with Crippen molar-refractivity contribution in [3.05, 3.63) is 29.8 Å². The van der Waals surface area contributed by atoms with Gasteiger partial charge in [-0.2, -0.15) is 0 Å². The SMILES string of the molecule is Cc1ccc(OCC(O)CNCCOCCC(C)C)cc1. The average Bonchev–Trinajstić information content (AvgIpc) is 2.45. The molecule has 120 valence electrons. The van der Waals surface area contributed by atoms with Crippen LogP contribution in [0.25, 0.3) is 0 Å². The largest absolute Gasteiger partial charge is 0.491 e. The van der Waals surface area contributed by atoms with Gasteiger partial charge in [-0.05, 0) is 31.4 Å². The van der Waals surface area contributed by atoms with Gasteiger partial charge in [0.2, 0.25) is 0 Å². The van der Waals surface area contributed by atoms with Gasteiger partial charge in [0.25, 0.3) is 0 Å². The lowest BCUT2D eigenvalue weighted by molar-refractivity contribution is 0.0967. The predicted octanol–water partition coefficient (Wildman–Crippen LogP) is 2.39. The molecule has 0 radical (unpaired) electrons. The van der Waals surface area contributed by atoms with Gasteiger partial charge >= 0.3 is 0 Å². The molecule has 4 nitrogen and oxygen atoms in total. The van der Waals surface area contributed by atoms with E-state index in [4.69, 9.17) is 9.47 Å². The zero-order chi connectivity index (χ0) is 15.5. The highest BCUT2D eigenvalue weighted by molar-refractivity contribution is 5.26. The number of rotatable bonds is 11. The molecule has 1 rings (SSSR count). The number of ether oxygens (including phenoxy) is 2. The van der Waals surface area contributed by atoms with Crippen LogP contribution in [0.15, 0.2) is 24.3 Å². The monoisotopic (exact) mass is 295 g/mol. The highest BCUT2D eigenvalue weighted by Gasteiger charge is 2.04. The summed E-state index contributed by atoms with van der Waals surface area (Å²) in [6.07, 6.45) is 0.578. The maximum Gasteiger partial charge on any atom is 0.119 e. The van der Waals surface area contributed by atoms with E-state index in [1.807, 2.05) is 31.2 Å². The number of hydrogen-bond acceptors (Lipinski definition) is 4. The van der Waals surface area contributed by atoms with Gasteiger partial charge in [-0.15, -0.1) is 0 Å². The molecule has 0 heterocycles. The van der Waals surface area contributed by atoms with E-state index >= 15 is 0 Å². The fourth-order valence-corrected chi connectivity index (χ4v) is 1.72. The molecule has 21 heavy (non-hydrogen) atoms. The van der Waals surface area contributed by atoms with Crippen molar-refractivity contribution in [2.75, 3.05) is 32.9 Å². The van der Waals surface area contributed by atoms with Crippen molar-refractivity contribution in [2.45, 2.75) is 33.3 Å². The summed E-state index contributed by atoms with van der Waals surface area (Å²) in [6, 6.07) is 7.82. The van der Waals surface area contributed by atoms with Crippen LogP contribution in [0, 0.1) is 12.8 Å². The number of benzene rings is 1. The Labute approximate surface area is 128 Å². The van der Waals surface area contributed by atoms with Gasteiger partial charge in [0.05, 0.1) is 6.61 Å². The van der Waals surface area contributed by atoms with E-state index in [2.05, 4.69) is 19.2 Å². The van der Waals surface area contributed by atoms with Gasteiger partial charge in [-0.1, -0.05) is 31.5 Å². The number of aryl methyl sites for hydroxylation is 1. The molecule has 4 heteroatoms. The van der Waals surface area contributed by atoms with Crippen LogP contribution in [0.3, 0.4) is 0 Å². The van der Waals surface area contributed by atoms with Crippen molar-refractivity contribution in [3.8, 4) is 5.75 Å². The molecule has 0 saturated heterocycles. The first-order valence-corrected chi connectivity index (χ1v) is 7.74. The van der Waals surface area contributed by atoms with Crippen LogP contribution in [0.5, 0.6) is 5.75 Å². The van der Waals surface area contributed by atoms with Crippen molar-refractivity contribution in [3.63, 3.8) is 0 Å². The third kappa shape index (κ3) is 9.45. The van der Waals surface area contributed by atoms with E-state index in [9.17, 15) is 5.11 Å². The molecule has 0 spiro atoms. The Bertz CT molecular complexity index is 365. The Morgan fingerprint density at radius 3 is 2.52 bits per heavy atom. The number of aliphatic hydroxyl groups excluding tert-OH is 1. The van der Waals surface area contributed by atoms with E-state index in [-0.39, 0.29) is 0 Å². The van der Waals surface area contributed by atoms with Crippen molar-refractivity contribution in [2.24, 2.45) is 5.92 Å². The zero-order valence-electron chi connectivity index (χ0n) is 13.5. The predicted molar refractivity (Wildman–Crippen MR) is 85.8 cm³/mol. The molecule has 0 fully saturated rings. The lowest BCUT2D eigenvalue weighted by Crippen LogP contribution is -2.33. The Morgan fingerprint density at radius 2 is 1.86 bits per heavy atom. The van der Waals surface area contributed by atoms with Crippen LogP contribution in [0.4, 0.5) is 0 Å². The van der Waals surface area contributed by atoms with Crippen molar-refractivity contribution in [1.29, 1.82) is 0 Å². The van der Waals surface area contributed by atoms with Gasteiger partial charge in [0, 0.05) is 19.7 Å². The molecule has 0 aliphatic carbocycles. The van der Waals surface area contributed by atoms with Crippen LogP contribution in [0.2, 0.25) is 0 Å². The summed E-state index contributed by atoms with van der Waals surface area (Å²) < 4.78 is 11.0. The summed E-state index contributed by atoms with van der Waals surface area (Å²) in [4.78, 5) is 0. The van der Waals surface area contributed by atoms with Gasteiger partial charge in [0.1, 0.15) is 18.5 Å². The van der Waals surface area contributed by atoms with E-state index in [1.165, 1.54) is 5.56 Å². The molecule has 0 bridgehead atoms. The molecule has 0 aromatic heterocycles. The topological polar surface area (TPSA) is 50.7 Å². The second-order valence-corrected chi connectivity index (χ2v) is 5.78. The first-order chi connectivity index (χ1) is 10.1. The third-order valence-electron chi connectivity index (χ3n) is 3.11. The maximum absolute atomic E-state index is 9.81. The van der Waals surface area contributed by atoms with E-state index in [0.717, 1.165) is 25.3 Å². The van der Waals surface area contributed by atoms with Crippen LogP contribution >= 0.6 is 0 Å².